The van der Waals surface area contributed by atoms with Gasteiger partial charge in [0.15, 0.2) is 17.7 Å². The van der Waals surface area contributed by atoms with Crippen molar-refractivity contribution < 1.29 is 28.2 Å². The zero-order valence-corrected chi connectivity index (χ0v) is 18.2. The Balaban J connectivity index is 1.51. The van der Waals surface area contributed by atoms with E-state index in [-0.39, 0.29) is 24.8 Å². The second kappa shape index (κ2) is 8.00. The van der Waals surface area contributed by atoms with E-state index in [1.54, 1.807) is 25.3 Å². The van der Waals surface area contributed by atoms with Crippen LogP contribution in [0.2, 0.25) is 5.02 Å². The summed E-state index contributed by atoms with van der Waals surface area (Å²) in [5.41, 5.74) is 7.40. The first-order valence-electron chi connectivity index (χ1n) is 10.3. The van der Waals surface area contributed by atoms with Gasteiger partial charge in [0.2, 0.25) is 0 Å². The van der Waals surface area contributed by atoms with E-state index in [1.165, 1.54) is 6.33 Å². The van der Waals surface area contributed by atoms with Crippen molar-refractivity contribution in [2.75, 3.05) is 12.3 Å². The number of nitrogens with two attached hydrogens (primary N) is 1. The van der Waals surface area contributed by atoms with Gasteiger partial charge in [-0.1, -0.05) is 30.7 Å². The number of nitrogen functional groups attached to an aromatic ring is 1. The summed E-state index contributed by atoms with van der Waals surface area (Å²) >= 11 is 6.03. The first kappa shape index (κ1) is 21.1. The molecule has 2 aromatic heterocycles. The Hall–Kier alpha value is -2.72. The monoisotopic (exact) mass is 459 g/mol. The van der Waals surface area contributed by atoms with E-state index in [1.807, 2.05) is 19.1 Å². The number of ether oxygens (including phenoxy) is 4. The summed E-state index contributed by atoms with van der Waals surface area (Å²) in [6, 6.07) is 7.25. The van der Waals surface area contributed by atoms with E-state index >= 15 is 0 Å². The molecule has 0 aliphatic carbocycles. The average Bonchev–Trinajstić information content (AvgIpc) is 3.43. The summed E-state index contributed by atoms with van der Waals surface area (Å²) in [7, 11) is 0. The number of aromatic nitrogens is 2. The Morgan fingerprint density at radius 2 is 2.03 bits per heavy atom. The van der Waals surface area contributed by atoms with Crippen LogP contribution >= 0.6 is 11.6 Å². The van der Waals surface area contributed by atoms with E-state index in [2.05, 4.69) is 9.97 Å². The van der Waals surface area contributed by atoms with Crippen LogP contribution in [-0.2, 0) is 23.7 Å². The SMILES string of the molecule is CCC(=O)OC[C@H]1O[C@@H](c2coc3c(N)ncnc23)[C@]2(C)OC(c3ccc(Cl)cc3)O[C@H]12. The van der Waals surface area contributed by atoms with Crippen molar-refractivity contribution in [2.45, 2.75) is 50.5 Å². The molecule has 4 heterocycles. The van der Waals surface area contributed by atoms with Gasteiger partial charge < -0.3 is 29.1 Å². The van der Waals surface area contributed by atoms with Gasteiger partial charge in [-0.15, -0.1) is 0 Å². The number of rotatable bonds is 5. The minimum Gasteiger partial charge on any atom is -0.463 e. The normalized spacial score (nSPS) is 29.3. The maximum absolute atomic E-state index is 11.8. The van der Waals surface area contributed by atoms with Gasteiger partial charge in [0.05, 0.1) is 6.26 Å². The van der Waals surface area contributed by atoms with E-state index < -0.39 is 30.2 Å². The highest BCUT2D eigenvalue weighted by atomic mass is 35.5. The fourth-order valence-corrected chi connectivity index (χ4v) is 4.39. The molecule has 0 spiro atoms. The molecule has 0 saturated carbocycles. The number of halogens is 1. The van der Waals surface area contributed by atoms with Crippen LogP contribution in [0, 0.1) is 0 Å². The fourth-order valence-electron chi connectivity index (χ4n) is 4.27. The number of carbonyl (C=O) groups excluding carboxylic acids is 1. The summed E-state index contributed by atoms with van der Waals surface area (Å²) in [5, 5.41) is 0.617. The van der Waals surface area contributed by atoms with Gasteiger partial charge in [-0.2, -0.15) is 0 Å². The highest BCUT2D eigenvalue weighted by molar-refractivity contribution is 6.30. The summed E-state index contributed by atoms with van der Waals surface area (Å²) < 4.78 is 30.0. The molecule has 2 N–H and O–H groups in total. The summed E-state index contributed by atoms with van der Waals surface area (Å²) in [6.45, 7) is 3.68. The third kappa shape index (κ3) is 3.41. The summed E-state index contributed by atoms with van der Waals surface area (Å²) in [4.78, 5) is 20.1. The predicted molar refractivity (Wildman–Crippen MR) is 114 cm³/mol. The van der Waals surface area contributed by atoms with Gasteiger partial charge in [-0.05, 0) is 19.1 Å². The standard InChI is InChI=1S/C22H22ClN3O6/c1-3-15(27)28-9-14-19-22(2,32-21(31-19)11-4-6-12(23)7-5-11)18(30-14)13-8-29-17-16(13)25-10-26-20(17)24/h4-8,10,14,18-19,21H,3,9H2,1-2H3,(H2,24,25,26)/t14-,18+,19-,21?,22+/m1/s1. The lowest BCUT2D eigenvalue weighted by atomic mass is 9.89. The average molecular weight is 460 g/mol. The fraction of sp³-hybridized carbons (Fsp3) is 0.409. The molecule has 32 heavy (non-hydrogen) atoms. The second-order valence-corrected chi connectivity index (χ2v) is 8.40. The number of benzene rings is 1. The van der Waals surface area contributed by atoms with Crippen LogP contribution in [0.3, 0.4) is 0 Å². The number of hydrogen-bond acceptors (Lipinski definition) is 9. The number of carbonyl (C=O) groups is 1. The molecule has 5 rings (SSSR count). The molecular weight excluding hydrogens is 438 g/mol. The Morgan fingerprint density at radius 3 is 2.78 bits per heavy atom. The van der Waals surface area contributed by atoms with Gasteiger partial charge in [0.25, 0.3) is 0 Å². The van der Waals surface area contributed by atoms with Crippen LogP contribution in [0.15, 0.2) is 41.3 Å². The van der Waals surface area contributed by atoms with Crippen molar-refractivity contribution in [3.63, 3.8) is 0 Å². The lowest BCUT2D eigenvalue weighted by Crippen LogP contribution is -2.41. The molecule has 5 atom stereocenters. The molecule has 168 valence electrons. The van der Waals surface area contributed by atoms with Crippen LogP contribution in [0.4, 0.5) is 5.82 Å². The number of nitrogens with zero attached hydrogens (tertiary/aromatic N) is 2. The van der Waals surface area contributed by atoms with Crippen molar-refractivity contribution in [3.05, 3.63) is 53.0 Å². The van der Waals surface area contributed by atoms with Gasteiger partial charge in [-0.3, -0.25) is 4.79 Å². The van der Waals surface area contributed by atoms with Crippen LogP contribution in [0.5, 0.6) is 0 Å². The number of esters is 1. The van der Waals surface area contributed by atoms with Crippen molar-refractivity contribution in [1.29, 1.82) is 0 Å². The number of fused-ring (bicyclic) bond motifs is 2. The van der Waals surface area contributed by atoms with Crippen molar-refractivity contribution in [2.24, 2.45) is 0 Å². The number of furan rings is 1. The minimum absolute atomic E-state index is 0.0348. The van der Waals surface area contributed by atoms with E-state index in [0.717, 1.165) is 5.56 Å². The van der Waals surface area contributed by atoms with Gasteiger partial charge in [0.1, 0.15) is 42.4 Å². The van der Waals surface area contributed by atoms with Crippen molar-refractivity contribution in [3.8, 4) is 0 Å². The molecule has 2 aliphatic rings. The Labute approximate surface area is 188 Å². The molecule has 9 nitrogen and oxygen atoms in total. The van der Waals surface area contributed by atoms with Crippen LogP contribution in [0.1, 0.15) is 43.8 Å². The molecule has 2 saturated heterocycles. The highest BCUT2D eigenvalue weighted by Gasteiger charge is 2.62. The zero-order valence-electron chi connectivity index (χ0n) is 17.5. The Kier molecular flexibility index (Phi) is 5.29. The first-order chi connectivity index (χ1) is 15.4. The molecule has 3 aromatic rings. The van der Waals surface area contributed by atoms with E-state index in [0.29, 0.717) is 21.7 Å². The van der Waals surface area contributed by atoms with Crippen LogP contribution in [-0.4, -0.2) is 40.4 Å². The maximum atomic E-state index is 11.8. The van der Waals surface area contributed by atoms with Crippen LogP contribution < -0.4 is 5.73 Å². The molecular formula is C22H22ClN3O6. The quantitative estimate of drug-likeness (QED) is 0.569. The summed E-state index contributed by atoms with van der Waals surface area (Å²) in [6.07, 6.45) is 0.868. The molecule has 0 radical (unpaired) electrons. The molecule has 2 aliphatic heterocycles. The molecule has 0 bridgehead atoms. The molecule has 1 unspecified atom stereocenters. The molecule has 2 fully saturated rings. The van der Waals surface area contributed by atoms with E-state index in [9.17, 15) is 4.79 Å². The number of anilines is 1. The highest BCUT2D eigenvalue weighted by Crippen LogP contribution is 2.54. The largest absolute Gasteiger partial charge is 0.463 e. The topological polar surface area (TPSA) is 119 Å². The van der Waals surface area contributed by atoms with Crippen LogP contribution in [0.25, 0.3) is 11.1 Å². The molecule has 1 aromatic carbocycles. The second-order valence-electron chi connectivity index (χ2n) is 7.96. The maximum Gasteiger partial charge on any atom is 0.305 e. The predicted octanol–water partition coefficient (Wildman–Crippen LogP) is 3.72. The third-order valence-corrected chi connectivity index (χ3v) is 6.15. The lowest BCUT2D eigenvalue weighted by molar-refractivity contribution is -0.166. The van der Waals surface area contributed by atoms with Crippen molar-refractivity contribution in [1.82, 2.24) is 9.97 Å². The third-order valence-electron chi connectivity index (χ3n) is 5.90. The molecule has 0 amide bonds. The lowest BCUT2D eigenvalue weighted by Gasteiger charge is -2.27. The van der Waals surface area contributed by atoms with Gasteiger partial charge in [-0.25, -0.2) is 9.97 Å². The van der Waals surface area contributed by atoms with Gasteiger partial charge >= 0.3 is 5.97 Å². The van der Waals surface area contributed by atoms with E-state index in [4.69, 9.17) is 40.7 Å². The minimum atomic E-state index is -0.913. The Bertz CT molecular complexity index is 1150. The summed E-state index contributed by atoms with van der Waals surface area (Å²) in [5.74, 6) is -0.0850. The smallest absolute Gasteiger partial charge is 0.305 e. The van der Waals surface area contributed by atoms with Gasteiger partial charge in [0, 0.05) is 22.6 Å². The first-order valence-corrected chi connectivity index (χ1v) is 10.7. The molecule has 10 heteroatoms. The number of hydrogen-bond donors (Lipinski definition) is 1. The van der Waals surface area contributed by atoms with Crippen molar-refractivity contribution >= 4 is 34.5 Å². The zero-order chi connectivity index (χ0) is 22.5. The Morgan fingerprint density at radius 1 is 1.25 bits per heavy atom.